The predicted octanol–water partition coefficient (Wildman–Crippen LogP) is 1.21. The minimum absolute atomic E-state index is 0.340. The van der Waals surface area contributed by atoms with Crippen LogP contribution in [0.15, 0.2) is 30.3 Å². The van der Waals surface area contributed by atoms with Crippen molar-refractivity contribution in [3.63, 3.8) is 0 Å². The maximum atomic E-state index is 9.76. The van der Waals surface area contributed by atoms with Gasteiger partial charge in [-0.2, -0.15) is 0 Å². The molecule has 1 unspecified atom stereocenters. The van der Waals surface area contributed by atoms with Crippen LogP contribution >= 0.6 is 0 Å². The number of ether oxygens (including phenoxy) is 3. The van der Waals surface area contributed by atoms with Crippen molar-refractivity contribution in [3.05, 3.63) is 35.9 Å². The Balaban J connectivity index is 1.88. The molecule has 0 saturated carbocycles. The van der Waals surface area contributed by atoms with Crippen LogP contribution in [0.1, 0.15) is 12.0 Å². The zero-order valence-corrected chi connectivity index (χ0v) is 12.8. The van der Waals surface area contributed by atoms with Crippen molar-refractivity contribution in [2.75, 3.05) is 46.6 Å². The van der Waals surface area contributed by atoms with E-state index in [1.807, 2.05) is 30.3 Å². The van der Waals surface area contributed by atoms with Crippen molar-refractivity contribution >= 4 is 0 Å². The second-order valence-electron chi connectivity index (χ2n) is 4.82. The van der Waals surface area contributed by atoms with E-state index in [1.165, 1.54) is 0 Å². The number of aliphatic hydroxyl groups excluding tert-OH is 1. The molecule has 0 saturated heterocycles. The van der Waals surface area contributed by atoms with Crippen molar-refractivity contribution in [1.82, 2.24) is 5.32 Å². The highest BCUT2D eigenvalue weighted by atomic mass is 16.5. The number of rotatable bonds is 13. The average molecular weight is 297 g/mol. The van der Waals surface area contributed by atoms with Gasteiger partial charge >= 0.3 is 0 Å². The third-order valence-corrected chi connectivity index (χ3v) is 2.88. The van der Waals surface area contributed by atoms with Gasteiger partial charge < -0.3 is 24.6 Å². The molecule has 5 heteroatoms. The van der Waals surface area contributed by atoms with E-state index in [0.29, 0.717) is 39.6 Å². The Labute approximate surface area is 127 Å². The topological polar surface area (TPSA) is 60.0 Å². The van der Waals surface area contributed by atoms with Gasteiger partial charge in [0.15, 0.2) is 0 Å². The van der Waals surface area contributed by atoms with Gasteiger partial charge in [0, 0.05) is 20.3 Å². The zero-order chi connectivity index (χ0) is 15.2. The van der Waals surface area contributed by atoms with E-state index in [4.69, 9.17) is 14.2 Å². The summed E-state index contributed by atoms with van der Waals surface area (Å²) < 4.78 is 15.7. The van der Waals surface area contributed by atoms with E-state index in [0.717, 1.165) is 18.5 Å². The lowest BCUT2D eigenvalue weighted by molar-refractivity contribution is 0.0283. The van der Waals surface area contributed by atoms with E-state index >= 15 is 0 Å². The molecule has 0 aliphatic rings. The van der Waals surface area contributed by atoms with Gasteiger partial charge in [-0.1, -0.05) is 30.3 Å². The molecule has 1 atom stereocenters. The van der Waals surface area contributed by atoms with Gasteiger partial charge in [-0.15, -0.1) is 0 Å². The van der Waals surface area contributed by atoms with Crippen LogP contribution in [0.2, 0.25) is 0 Å². The van der Waals surface area contributed by atoms with Crippen LogP contribution in [0.25, 0.3) is 0 Å². The molecule has 0 heterocycles. The monoisotopic (exact) mass is 297 g/mol. The molecule has 0 amide bonds. The Kier molecular flexibility index (Phi) is 11.0. The highest BCUT2D eigenvalue weighted by Crippen LogP contribution is 2.00. The maximum Gasteiger partial charge on any atom is 0.0897 e. The number of nitrogens with one attached hydrogen (secondary N) is 1. The Morgan fingerprint density at radius 1 is 1.10 bits per heavy atom. The summed E-state index contributed by atoms with van der Waals surface area (Å²) in [6.07, 6.45) is 0.435. The minimum Gasteiger partial charge on any atom is -0.389 e. The third kappa shape index (κ3) is 10.4. The summed E-state index contributed by atoms with van der Waals surface area (Å²) in [5.74, 6) is 0. The van der Waals surface area contributed by atoms with Crippen LogP contribution in [0.5, 0.6) is 0 Å². The lowest BCUT2D eigenvalue weighted by Crippen LogP contribution is -2.31. The maximum absolute atomic E-state index is 9.76. The smallest absolute Gasteiger partial charge is 0.0897 e. The van der Waals surface area contributed by atoms with E-state index in [-0.39, 0.29) is 0 Å². The van der Waals surface area contributed by atoms with Crippen molar-refractivity contribution in [1.29, 1.82) is 0 Å². The summed E-state index contributed by atoms with van der Waals surface area (Å²) in [7, 11) is 1.66. The highest BCUT2D eigenvalue weighted by Gasteiger charge is 2.03. The third-order valence-electron chi connectivity index (χ3n) is 2.88. The number of hydrogen-bond acceptors (Lipinski definition) is 5. The Bertz CT molecular complexity index is 334. The lowest BCUT2D eigenvalue weighted by Gasteiger charge is -2.12. The molecule has 1 aromatic rings. The molecule has 0 radical (unpaired) electrons. The molecule has 0 fully saturated rings. The van der Waals surface area contributed by atoms with Crippen LogP contribution in [0.3, 0.4) is 0 Å². The van der Waals surface area contributed by atoms with Crippen molar-refractivity contribution in [3.8, 4) is 0 Å². The van der Waals surface area contributed by atoms with Crippen molar-refractivity contribution in [2.45, 2.75) is 19.1 Å². The van der Waals surface area contributed by atoms with Gasteiger partial charge in [-0.25, -0.2) is 0 Å². The molecule has 1 rings (SSSR count). The van der Waals surface area contributed by atoms with Crippen LogP contribution < -0.4 is 5.32 Å². The van der Waals surface area contributed by atoms with Gasteiger partial charge in [0.05, 0.1) is 32.5 Å². The molecule has 21 heavy (non-hydrogen) atoms. The molecule has 0 aromatic heterocycles. The predicted molar refractivity (Wildman–Crippen MR) is 82.3 cm³/mol. The van der Waals surface area contributed by atoms with Crippen molar-refractivity contribution < 1.29 is 19.3 Å². The SMILES string of the molecule is COCCOCCCNCC(O)COCc1ccccc1. The van der Waals surface area contributed by atoms with Crippen LogP contribution in [-0.2, 0) is 20.8 Å². The van der Waals surface area contributed by atoms with Crippen LogP contribution in [0.4, 0.5) is 0 Å². The molecule has 0 bridgehead atoms. The average Bonchev–Trinajstić information content (AvgIpc) is 2.51. The van der Waals surface area contributed by atoms with Gasteiger partial charge in [0.2, 0.25) is 0 Å². The fourth-order valence-corrected chi connectivity index (χ4v) is 1.76. The first kappa shape index (κ1) is 18.1. The molecule has 0 spiro atoms. The summed E-state index contributed by atoms with van der Waals surface area (Å²) in [6, 6.07) is 9.94. The lowest BCUT2D eigenvalue weighted by atomic mass is 10.2. The molecule has 0 aliphatic carbocycles. The first-order chi connectivity index (χ1) is 10.3. The Morgan fingerprint density at radius 3 is 2.67 bits per heavy atom. The fourth-order valence-electron chi connectivity index (χ4n) is 1.76. The van der Waals surface area contributed by atoms with Crippen LogP contribution in [-0.4, -0.2) is 57.8 Å². The first-order valence-corrected chi connectivity index (χ1v) is 7.40. The van der Waals surface area contributed by atoms with E-state index < -0.39 is 6.10 Å². The largest absolute Gasteiger partial charge is 0.389 e. The number of methoxy groups -OCH3 is 1. The Hall–Kier alpha value is -0.980. The summed E-state index contributed by atoms with van der Waals surface area (Å²) in [6.45, 7) is 4.20. The summed E-state index contributed by atoms with van der Waals surface area (Å²) in [5.41, 5.74) is 1.12. The fraction of sp³-hybridized carbons (Fsp3) is 0.625. The molecule has 2 N–H and O–H groups in total. The zero-order valence-electron chi connectivity index (χ0n) is 12.8. The van der Waals surface area contributed by atoms with E-state index in [2.05, 4.69) is 5.32 Å². The summed E-state index contributed by atoms with van der Waals surface area (Å²) >= 11 is 0. The van der Waals surface area contributed by atoms with Crippen molar-refractivity contribution in [2.24, 2.45) is 0 Å². The molecule has 5 nitrogen and oxygen atoms in total. The van der Waals surface area contributed by atoms with Gasteiger partial charge in [0.25, 0.3) is 0 Å². The number of benzene rings is 1. The van der Waals surface area contributed by atoms with E-state index in [9.17, 15) is 5.11 Å². The number of hydrogen-bond donors (Lipinski definition) is 2. The van der Waals surface area contributed by atoms with Gasteiger partial charge in [-0.3, -0.25) is 0 Å². The summed E-state index contributed by atoms with van der Waals surface area (Å²) in [4.78, 5) is 0. The second-order valence-corrected chi connectivity index (χ2v) is 4.82. The normalized spacial score (nSPS) is 12.5. The molecular weight excluding hydrogens is 270 g/mol. The second kappa shape index (κ2) is 12.7. The number of aliphatic hydroxyl groups is 1. The highest BCUT2D eigenvalue weighted by molar-refractivity contribution is 5.13. The molecule has 1 aromatic carbocycles. The minimum atomic E-state index is -0.483. The molecular formula is C16H27NO4. The quantitative estimate of drug-likeness (QED) is 0.536. The molecule has 0 aliphatic heterocycles. The van der Waals surface area contributed by atoms with Gasteiger partial charge in [0.1, 0.15) is 0 Å². The van der Waals surface area contributed by atoms with Crippen LogP contribution in [0, 0.1) is 0 Å². The van der Waals surface area contributed by atoms with Gasteiger partial charge in [-0.05, 0) is 18.5 Å². The summed E-state index contributed by atoms with van der Waals surface area (Å²) in [5, 5.41) is 12.9. The molecule has 120 valence electrons. The van der Waals surface area contributed by atoms with E-state index in [1.54, 1.807) is 7.11 Å². The standard InChI is InChI=1S/C16H27NO4/c1-19-10-11-20-9-5-8-17-12-16(18)14-21-13-15-6-3-2-4-7-15/h2-4,6-7,16-18H,5,8-14H2,1H3. The first-order valence-electron chi connectivity index (χ1n) is 7.40. The Morgan fingerprint density at radius 2 is 1.90 bits per heavy atom.